The van der Waals surface area contributed by atoms with Crippen LogP contribution in [0.15, 0.2) is 24.3 Å². The molecule has 0 radical (unpaired) electrons. The molecule has 5 nitrogen and oxygen atoms in total. The Morgan fingerprint density at radius 2 is 2.05 bits per heavy atom. The van der Waals surface area contributed by atoms with E-state index in [1.165, 1.54) is 0 Å². The third-order valence-electron chi connectivity index (χ3n) is 3.76. The maximum Gasteiger partial charge on any atom is 0.236 e. The lowest BCUT2D eigenvalue weighted by molar-refractivity contribution is -0.144. The Hall–Kier alpha value is -1.59. The smallest absolute Gasteiger partial charge is 0.236 e. The molecule has 0 N–H and O–H groups in total. The quantitative estimate of drug-likeness (QED) is 0.831. The van der Waals surface area contributed by atoms with Crippen molar-refractivity contribution in [3.05, 3.63) is 29.8 Å². The molecule has 1 aliphatic rings. The number of likely N-dealkylation sites (N-methyl/N-ethyl adjacent to an activating group) is 1. The van der Waals surface area contributed by atoms with E-state index < -0.39 is 0 Å². The number of benzene rings is 1. The van der Waals surface area contributed by atoms with Crippen LogP contribution in [0, 0.1) is 0 Å². The molecule has 2 unspecified atom stereocenters. The number of carbonyl (C=O) groups is 1. The summed E-state index contributed by atoms with van der Waals surface area (Å²) in [6.07, 6.45) is 0.216. The molecule has 1 heterocycles. The molecule has 2 rings (SSSR count). The number of carbonyl (C=O) groups excluding carboxylic acids is 1. The van der Waals surface area contributed by atoms with Crippen LogP contribution in [-0.2, 0) is 16.1 Å². The van der Waals surface area contributed by atoms with Crippen LogP contribution in [-0.4, -0.2) is 61.7 Å². The van der Waals surface area contributed by atoms with Gasteiger partial charge in [0.25, 0.3) is 0 Å². The van der Waals surface area contributed by atoms with Crippen molar-refractivity contribution in [1.82, 2.24) is 9.80 Å². The van der Waals surface area contributed by atoms with Gasteiger partial charge < -0.3 is 14.4 Å². The van der Waals surface area contributed by atoms with Crippen molar-refractivity contribution < 1.29 is 14.3 Å². The summed E-state index contributed by atoms with van der Waals surface area (Å²) in [5.74, 6) is 1.00. The van der Waals surface area contributed by atoms with Crippen molar-refractivity contribution in [2.45, 2.75) is 32.6 Å². The lowest BCUT2D eigenvalue weighted by Crippen LogP contribution is -2.50. The van der Waals surface area contributed by atoms with Crippen LogP contribution in [0.5, 0.6) is 5.75 Å². The number of rotatable bonds is 5. The van der Waals surface area contributed by atoms with Crippen LogP contribution in [0.25, 0.3) is 0 Å². The minimum Gasteiger partial charge on any atom is -0.497 e. The summed E-state index contributed by atoms with van der Waals surface area (Å²) in [5, 5.41) is 0. The maximum absolute atomic E-state index is 12.4. The van der Waals surface area contributed by atoms with Crippen LogP contribution in [0.4, 0.5) is 0 Å². The van der Waals surface area contributed by atoms with E-state index >= 15 is 0 Å². The van der Waals surface area contributed by atoms with Gasteiger partial charge in [-0.2, -0.15) is 0 Å². The molecule has 0 aliphatic carbocycles. The van der Waals surface area contributed by atoms with Gasteiger partial charge in [0.2, 0.25) is 5.91 Å². The summed E-state index contributed by atoms with van der Waals surface area (Å²) in [6, 6.07) is 7.93. The maximum atomic E-state index is 12.4. The second-order valence-corrected chi connectivity index (χ2v) is 6.08. The van der Waals surface area contributed by atoms with Gasteiger partial charge in [-0.1, -0.05) is 12.1 Å². The Balaban J connectivity index is 1.88. The van der Waals surface area contributed by atoms with Crippen LogP contribution < -0.4 is 4.74 Å². The molecule has 0 bridgehead atoms. The van der Waals surface area contributed by atoms with Gasteiger partial charge in [-0.25, -0.2) is 0 Å². The third kappa shape index (κ3) is 4.71. The summed E-state index contributed by atoms with van der Waals surface area (Å²) in [6.45, 7) is 6.51. The number of hydrogen-bond donors (Lipinski definition) is 0. The van der Waals surface area contributed by atoms with Gasteiger partial charge in [0, 0.05) is 19.6 Å². The number of nitrogens with zero attached hydrogens (tertiary/aromatic N) is 2. The summed E-state index contributed by atoms with van der Waals surface area (Å²) in [4.78, 5) is 16.4. The molecule has 5 heteroatoms. The Morgan fingerprint density at radius 3 is 2.68 bits per heavy atom. The fraction of sp³-hybridized carbons (Fsp3) is 0.588. The fourth-order valence-corrected chi connectivity index (χ4v) is 2.85. The summed E-state index contributed by atoms with van der Waals surface area (Å²) < 4.78 is 10.9. The highest BCUT2D eigenvalue weighted by Gasteiger charge is 2.26. The van der Waals surface area contributed by atoms with E-state index in [0.717, 1.165) is 17.9 Å². The van der Waals surface area contributed by atoms with Gasteiger partial charge in [0.05, 0.1) is 25.9 Å². The Bertz CT molecular complexity index is 496. The predicted molar refractivity (Wildman–Crippen MR) is 85.9 cm³/mol. The lowest BCUT2D eigenvalue weighted by Gasteiger charge is -2.36. The number of amides is 1. The average Bonchev–Trinajstić information content (AvgIpc) is 2.46. The zero-order chi connectivity index (χ0) is 16.1. The fourth-order valence-electron chi connectivity index (χ4n) is 2.85. The molecule has 0 saturated carbocycles. The molecule has 1 aromatic rings. The molecule has 0 spiro atoms. The molecule has 1 fully saturated rings. The number of methoxy groups -OCH3 is 1. The van der Waals surface area contributed by atoms with Gasteiger partial charge >= 0.3 is 0 Å². The zero-order valence-corrected chi connectivity index (χ0v) is 13.9. The average molecular weight is 306 g/mol. The highest BCUT2D eigenvalue weighted by Crippen LogP contribution is 2.15. The van der Waals surface area contributed by atoms with Crippen molar-refractivity contribution in [2.75, 3.05) is 33.8 Å². The second-order valence-electron chi connectivity index (χ2n) is 6.08. The van der Waals surface area contributed by atoms with E-state index in [1.807, 2.05) is 55.0 Å². The minimum absolute atomic E-state index is 0.108. The molecule has 2 atom stereocenters. The third-order valence-corrected chi connectivity index (χ3v) is 3.76. The predicted octanol–water partition coefficient (Wildman–Crippen LogP) is 1.76. The van der Waals surface area contributed by atoms with Crippen LogP contribution in [0.1, 0.15) is 19.4 Å². The Labute approximate surface area is 132 Å². The number of hydrogen-bond acceptors (Lipinski definition) is 4. The molecule has 1 aromatic carbocycles. The monoisotopic (exact) mass is 306 g/mol. The van der Waals surface area contributed by atoms with Gasteiger partial charge in [-0.05, 0) is 38.6 Å². The molecular weight excluding hydrogens is 280 g/mol. The minimum atomic E-state index is 0.108. The van der Waals surface area contributed by atoms with E-state index in [-0.39, 0.29) is 18.1 Å². The largest absolute Gasteiger partial charge is 0.497 e. The van der Waals surface area contributed by atoms with Crippen LogP contribution in [0.3, 0.4) is 0 Å². The molecule has 122 valence electrons. The van der Waals surface area contributed by atoms with Crippen molar-refractivity contribution in [2.24, 2.45) is 0 Å². The van der Waals surface area contributed by atoms with Gasteiger partial charge in [0.1, 0.15) is 5.75 Å². The standard InChI is InChI=1S/C17H26N2O3/c1-13-9-19(10-14(2)22-13)17(20)12-18(3)11-15-6-5-7-16(8-15)21-4/h5-8,13-14H,9-12H2,1-4H3. The number of morpholine rings is 1. The second kappa shape index (κ2) is 7.61. The van der Waals surface area contributed by atoms with Gasteiger partial charge in [-0.3, -0.25) is 9.69 Å². The number of ether oxygens (including phenoxy) is 2. The van der Waals surface area contributed by atoms with E-state index in [4.69, 9.17) is 9.47 Å². The molecule has 1 amide bonds. The molecule has 22 heavy (non-hydrogen) atoms. The molecule has 1 saturated heterocycles. The van der Waals surface area contributed by atoms with Crippen molar-refractivity contribution in [3.8, 4) is 5.75 Å². The van der Waals surface area contributed by atoms with Crippen molar-refractivity contribution in [3.63, 3.8) is 0 Å². The first-order valence-corrected chi connectivity index (χ1v) is 7.72. The van der Waals surface area contributed by atoms with E-state index in [9.17, 15) is 4.79 Å². The molecule has 0 aromatic heterocycles. The van der Waals surface area contributed by atoms with Crippen molar-refractivity contribution in [1.29, 1.82) is 0 Å². The lowest BCUT2D eigenvalue weighted by atomic mass is 10.2. The summed E-state index contributed by atoms with van der Waals surface area (Å²) >= 11 is 0. The van der Waals surface area contributed by atoms with Crippen LogP contribution in [0.2, 0.25) is 0 Å². The molecule has 1 aliphatic heterocycles. The first-order valence-electron chi connectivity index (χ1n) is 7.72. The summed E-state index contributed by atoms with van der Waals surface area (Å²) in [7, 11) is 3.62. The van der Waals surface area contributed by atoms with E-state index in [0.29, 0.717) is 19.6 Å². The Morgan fingerprint density at radius 1 is 1.36 bits per heavy atom. The van der Waals surface area contributed by atoms with Crippen molar-refractivity contribution >= 4 is 5.91 Å². The first kappa shape index (κ1) is 16.8. The topological polar surface area (TPSA) is 42.0 Å². The highest BCUT2D eigenvalue weighted by molar-refractivity contribution is 5.78. The van der Waals surface area contributed by atoms with Gasteiger partial charge in [-0.15, -0.1) is 0 Å². The zero-order valence-electron chi connectivity index (χ0n) is 13.9. The first-order chi connectivity index (χ1) is 10.5. The Kier molecular flexibility index (Phi) is 5.80. The summed E-state index contributed by atoms with van der Waals surface area (Å²) in [5.41, 5.74) is 1.14. The molecular formula is C17H26N2O3. The van der Waals surface area contributed by atoms with Crippen LogP contribution >= 0.6 is 0 Å². The van der Waals surface area contributed by atoms with E-state index in [1.54, 1.807) is 7.11 Å². The highest BCUT2D eigenvalue weighted by atomic mass is 16.5. The normalized spacial score (nSPS) is 22.0. The SMILES string of the molecule is COc1cccc(CN(C)CC(=O)N2CC(C)OC(C)C2)c1. The van der Waals surface area contributed by atoms with E-state index in [2.05, 4.69) is 0 Å². The van der Waals surface area contributed by atoms with Gasteiger partial charge in [0.15, 0.2) is 0 Å².